The van der Waals surface area contributed by atoms with Crippen LogP contribution in [0.4, 0.5) is 4.39 Å². The van der Waals surface area contributed by atoms with Crippen molar-refractivity contribution < 1.29 is 9.50 Å². The summed E-state index contributed by atoms with van der Waals surface area (Å²) in [5, 5.41) is 9.99. The SMILES string of the molecule is OC1CC(c2ccc(F)cc2)c2ccccc21. The predicted octanol–water partition coefficient (Wildman–Crippen LogP) is 3.39. The number of aliphatic hydroxyl groups is 1. The Morgan fingerprint density at radius 1 is 0.941 bits per heavy atom. The van der Waals surface area contributed by atoms with Gasteiger partial charge in [0.1, 0.15) is 5.82 Å². The second kappa shape index (κ2) is 3.97. The molecule has 0 amide bonds. The molecule has 0 fully saturated rings. The summed E-state index contributed by atoms with van der Waals surface area (Å²) in [6, 6.07) is 14.5. The third kappa shape index (κ3) is 1.75. The highest BCUT2D eigenvalue weighted by Crippen LogP contribution is 2.43. The Kier molecular flexibility index (Phi) is 2.45. The summed E-state index contributed by atoms with van der Waals surface area (Å²) in [6.07, 6.45) is 0.284. The van der Waals surface area contributed by atoms with Gasteiger partial charge in [-0.05, 0) is 35.2 Å². The second-order valence-electron chi connectivity index (χ2n) is 4.48. The van der Waals surface area contributed by atoms with Gasteiger partial charge < -0.3 is 5.11 Å². The first-order chi connectivity index (χ1) is 8.25. The summed E-state index contributed by atoms with van der Waals surface area (Å²) in [6.45, 7) is 0. The number of halogens is 1. The molecule has 0 radical (unpaired) electrons. The van der Waals surface area contributed by atoms with Crippen LogP contribution in [-0.4, -0.2) is 5.11 Å². The van der Waals surface area contributed by atoms with E-state index in [1.807, 2.05) is 24.3 Å². The average Bonchev–Trinajstić information content (AvgIpc) is 2.69. The van der Waals surface area contributed by atoms with Crippen LogP contribution in [0.2, 0.25) is 0 Å². The van der Waals surface area contributed by atoms with E-state index >= 15 is 0 Å². The monoisotopic (exact) mass is 228 g/mol. The van der Waals surface area contributed by atoms with Crippen molar-refractivity contribution in [3.05, 3.63) is 71.0 Å². The van der Waals surface area contributed by atoms with Crippen molar-refractivity contribution in [1.82, 2.24) is 0 Å². The highest BCUT2D eigenvalue weighted by Gasteiger charge is 2.29. The fraction of sp³-hybridized carbons (Fsp3) is 0.200. The van der Waals surface area contributed by atoms with E-state index in [-0.39, 0.29) is 11.7 Å². The molecule has 2 unspecified atom stereocenters. The second-order valence-corrected chi connectivity index (χ2v) is 4.48. The lowest BCUT2D eigenvalue weighted by molar-refractivity contribution is 0.176. The zero-order valence-corrected chi connectivity index (χ0v) is 9.31. The maximum absolute atomic E-state index is 12.9. The van der Waals surface area contributed by atoms with Crippen molar-refractivity contribution in [2.24, 2.45) is 0 Å². The lowest BCUT2D eigenvalue weighted by Crippen LogP contribution is -1.96. The third-order valence-electron chi connectivity index (χ3n) is 3.46. The highest BCUT2D eigenvalue weighted by molar-refractivity contribution is 5.43. The largest absolute Gasteiger partial charge is 0.388 e. The van der Waals surface area contributed by atoms with Crippen LogP contribution in [-0.2, 0) is 0 Å². The van der Waals surface area contributed by atoms with Crippen molar-refractivity contribution in [2.75, 3.05) is 0 Å². The maximum atomic E-state index is 12.9. The van der Waals surface area contributed by atoms with Crippen LogP contribution in [0.15, 0.2) is 48.5 Å². The summed E-state index contributed by atoms with van der Waals surface area (Å²) in [5.74, 6) is -0.0395. The first kappa shape index (κ1) is 10.5. The Morgan fingerprint density at radius 2 is 1.59 bits per heavy atom. The zero-order valence-electron chi connectivity index (χ0n) is 9.31. The van der Waals surface area contributed by atoms with Gasteiger partial charge in [0.2, 0.25) is 0 Å². The molecule has 1 nitrogen and oxygen atoms in total. The van der Waals surface area contributed by atoms with Crippen LogP contribution in [0.3, 0.4) is 0 Å². The van der Waals surface area contributed by atoms with Crippen molar-refractivity contribution in [3.63, 3.8) is 0 Å². The molecule has 2 aromatic rings. The predicted molar refractivity (Wildman–Crippen MR) is 64.3 cm³/mol. The summed E-state index contributed by atoms with van der Waals surface area (Å²) < 4.78 is 12.9. The minimum absolute atomic E-state index is 0.182. The van der Waals surface area contributed by atoms with Gasteiger partial charge in [-0.25, -0.2) is 4.39 Å². The molecule has 0 saturated carbocycles. The topological polar surface area (TPSA) is 20.2 Å². The minimum atomic E-state index is -0.402. The lowest BCUT2D eigenvalue weighted by atomic mass is 9.93. The smallest absolute Gasteiger partial charge is 0.123 e. The normalized spacial score (nSPS) is 22.5. The summed E-state index contributed by atoms with van der Waals surface area (Å²) in [5.41, 5.74) is 3.23. The van der Waals surface area contributed by atoms with Gasteiger partial charge in [0, 0.05) is 5.92 Å². The van der Waals surface area contributed by atoms with Crippen LogP contribution in [0.25, 0.3) is 0 Å². The van der Waals surface area contributed by atoms with Gasteiger partial charge in [-0.1, -0.05) is 36.4 Å². The quantitative estimate of drug-likeness (QED) is 0.793. The van der Waals surface area contributed by atoms with Crippen molar-refractivity contribution >= 4 is 0 Å². The van der Waals surface area contributed by atoms with E-state index in [0.29, 0.717) is 6.42 Å². The first-order valence-corrected chi connectivity index (χ1v) is 5.78. The molecule has 0 saturated heterocycles. The molecule has 0 aromatic heterocycles. The molecule has 1 N–H and O–H groups in total. The number of benzene rings is 2. The maximum Gasteiger partial charge on any atom is 0.123 e. The fourth-order valence-electron chi connectivity index (χ4n) is 2.62. The molecule has 17 heavy (non-hydrogen) atoms. The van der Waals surface area contributed by atoms with E-state index in [2.05, 4.69) is 0 Å². The van der Waals surface area contributed by atoms with Gasteiger partial charge >= 0.3 is 0 Å². The van der Waals surface area contributed by atoms with Crippen LogP contribution in [0.1, 0.15) is 35.1 Å². The Labute approximate surface area is 99.5 Å². The van der Waals surface area contributed by atoms with Crippen molar-refractivity contribution in [2.45, 2.75) is 18.4 Å². The van der Waals surface area contributed by atoms with Crippen molar-refractivity contribution in [3.8, 4) is 0 Å². The van der Waals surface area contributed by atoms with Crippen LogP contribution in [0, 0.1) is 5.82 Å². The standard InChI is InChI=1S/C15H13FO/c16-11-7-5-10(6-8-11)14-9-15(17)13-4-2-1-3-12(13)14/h1-8,14-15,17H,9H2. The van der Waals surface area contributed by atoms with Gasteiger partial charge in [0.05, 0.1) is 6.10 Å². The van der Waals surface area contributed by atoms with E-state index in [1.54, 1.807) is 12.1 Å². The number of aliphatic hydroxyl groups excluding tert-OH is 1. The molecular weight excluding hydrogens is 215 g/mol. The van der Waals surface area contributed by atoms with Crippen molar-refractivity contribution in [1.29, 1.82) is 0 Å². The molecule has 1 aliphatic carbocycles. The van der Waals surface area contributed by atoms with E-state index in [1.165, 1.54) is 12.1 Å². The zero-order chi connectivity index (χ0) is 11.8. The molecule has 0 spiro atoms. The van der Waals surface area contributed by atoms with Gasteiger partial charge in [-0.2, -0.15) is 0 Å². The average molecular weight is 228 g/mol. The Morgan fingerprint density at radius 3 is 2.29 bits per heavy atom. The lowest BCUT2D eigenvalue weighted by Gasteiger charge is -2.11. The third-order valence-corrected chi connectivity index (χ3v) is 3.46. The number of fused-ring (bicyclic) bond motifs is 1. The fourth-order valence-corrected chi connectivity index (χ4v) is 2.62. The number of hydrogen-bond acceptors (Lipinski definition) is 1. The minimum Gasteiger partial charge on any atom is -0.388 e. The van der Waals surface area contributed by atoms with E-state index in [9.17, 15) is 9.50 Å². The van der Waals surface area contributed by atoms with Crippen LogP contribution >= 0.6 is 0 Å². The highest BCUT2D eigenvalue weighted by atomic mass is 19.1. The molecule has 2 aromatic carbocycles. The van der Waals surface area contributed by atoms with Crippen LogP contribution < -0.4 is 0 Å². The van der Waals surface area contributed by atoms with Gasteiger partial charge in [-0.3, -0.25) is 0 Å². The number of rotatable bonds is 1. The molecule has 0 aliphatic heterocycles. The molecule has 2 heteroatoms. The van der Waals surface area contributed by atoms with Gasteiger partial charge in [-0.15, -0.1) is 0 Å². The van der Waals surface area contributed by atoms with Gasteiger partial charge in [0.15, 0.2) is 0 Å². The summed E-state index contributed by atoms with van der Waals surface area (Å²) in [4.78, 5) is 0. The van der Waals surface area contributed by atoms with E-state index in [4.69, 9.17) is 0 Å². The Bertz CT molecular complexity index is 533. The van der Waals surface area contributed by atoms with E-state index in [0.717, 1.165) is 16.7 Å². The molecule has 86 valence electrons. The molecule has 1 aliphatic rings. The molecular formula is C15H13FO. The van der Waals surface area contributed by atoms with Crippen LogP contribution in [0.5, 0.6) is 0 Å². The van der Waals surface area contributed by atoms with Gasteiger partial charge in [0.25, 0.3) is 0 Å². The molecule has 0 heterocycles. The first-order valence-electron chi connectivity index (χ1n) is 5.78. The Hall–Kier alpha value is -1.67. The number of hydrogen-bond donors (Lipinski definition) is 1. The molecule has 0 bridgehead atoms. The summed E-state index contributed by atoms with van der Waals surface area (Å²) >= 11 is 0. The molecule has 3 rings (SSSR count). The summed E-state index contributed by atoms with van der Waals surface area (Å²) in [7, 11) is 0. The molecule has 2 atom stereocenters. The van der Waals surface area contributed by atoms with E-state index < -0.39 is 6.10 Å². The Balaban J connectivity index is 2.04.